The van der Waals surface area contributed by atoms with Gasteiger partial charge in [-0.2, -0.15) is 0 Å². The first-order chi connectivity index (χ1) is 19.7. The summed E-state index contributed by atoms with van der Waals surface area (Å²) in [4.78, 5) is 10.3. The van der Waals surface area contributed by atoms with Crippen LogP contribution in [0.15, 0.2) is 121 Å². The highest BCUT2D eigenvalue weighted by atomic mass is 79.9. The Kier molecular flexibility index (Phi) is 4.41. The van der Waals surface area contributed by atoms with Gasteiger partial charge in [-0.1, -0.05) is 76.6 Å². The Morgan fingerprint density at radius 2 is 1.05 bits per heavy atom. The summed E-state index contributed by atoms with van der Waals surface area (Å²) in [5, 5.41) is 5.08. The molecule has 0 N–H and O–H groups in total. The normalized spacial score (nSPS) is 12.1. The van der Waals surface area contributed by atoms with E-state index in [1.807, 2.05) is 78.9 Å². The standard InChI is InChI=1S/C34H17BrN2O3/c35-18-15-16-28-25(17-18)30-33(40-28)29(23-11-5-9-21-19-7-1-3-13-26(19)38-31(21)23)36-34(37-30)24-12-6-10-22-20-8-2-4-14-27(20)39-32(22)24/h1-17H. The fraction of sp³-hybridized carbons (Fsp3) is 0. The van der Waals surface area contributed by atoms with Crippen LogP contribution in [0.5, 0.6) is 0 Å². The van der Waals surface area contributed by atoms with E-state index in [9.17, 15) is 0 Å². The first-order valence-corrected chi connectivity index (χ1v) is 13.7. The molecule has 0 aliphatic rings. The summed E-state index contributed by atoms with van der Waals surface area (Å²) in [6, 6.07) is 34.3. The Morgan fingerprint density at radius 3 is 1.77 bits per heavy atom. The average Bonchev–Trinajstić information content (AvgIpc) is 3.67. The maximum Gasteiger partial charge on any atom is 0.180 e. The summed E-state index contributed by atoms with van der Waals surface area (Å²) in [6.07, 6.45) is 0. The van der Waals surface area contributed by atoms with Crippen molar-refractivity contribution in [1.82, 2.24) is 9.97 Å². The highest BCUT2D eigenvalue weighted by molar-refractivity contribution is 9.10. The lowest BCUT2D eigenvalue weighted by molar-refractivity contribution is 0.662. The molecule has 0 radical (unpaired) electrons. The van der Waals surface area contributed by atoms with Gasteiger partial charge >= 0.3 is 0 Å². The number of fused-ring (bicyclic) bond motifs is 9. The molecule has 0 aliphatic heterocycles. The van der Waals surface area contributed by atoms with Crippen molar-refractivity contribution in [1.29, 1.82) is 0 Å². The third kappa shape index (κ3) is 3.02. The van der Waals surface area contributed by atoms with Crippen molar-refractivity contribution >= 4 is 81.9 Å². The van der Waals surface area contributed by atoms with Gasteiger partial charge in [-0.3, -0.25) is 0 Å². The molecule has 4 aromatic heterocycles. The van der Waals surface area contributed by atoms with Gasteiger partial charge in [0.25, 0.3) is 0 Å². The van der Waals surface area contributed by atoms with Crippen LogP contribution in [-0.2, 0) is 0 Å². The lowest BCUT2D eigenvalue weighted by Crippen LogP contribution is -1.94. The van der Waals surface area contributed by atoms with E-state index in [0.717, 1.165) is 76.0 Å². The molecule has 9 rings (SSSR count). The molecule has 0 saturated heterocycles. The third-order valence-corrected chi connectivity index (χ3v) is 8.07. The van der Waals surface area contributed by atoms with E-state index in [2.05, 4.69) is 40.2 Å². The second-order valence-corrected chi connectivity index (χ2v) is 10.8. The minimum Gasteiger partial charge on any atom is -0.455 e. The van der Waals surface area contributed by atoms with Gasteiger partial charge in [0.2, 0.25) is 0 Å². The van der Waals surface area contributed by atoms with Crippen molar-refractivity contribution in [3.63, 3.8) is 0 Å². The Morgan fingerprint density at radius 1 is 0.475 bits per heavy atom. The molecule has 40 heavy (non-hydrogen) atoms. The Labute approximate surface area is 234 Å². The van der Waals surface area contributed by atoms with Crippen LogP contribution in [0.1, 0.15) is 0 Å². The summed E-state index contributed by atoms with van der Waals surface area (Å²) >= 11 is 3.62. The number of hydrogen-bond donors (Lipinski definition) is 0. The molecule has 0 atom stereocenters. The molecule has 6 heteroatoms. The van der Waals surface area contributed by atoms with Crippen LogP contribution < -0.4 is 0 Å². The van der Waals surface area contributed by atoms with Crippen LogP contribution in [0.2, 0.25) is 0 Å². The average molecular weight is 581 g/mol. The van der Waals surface area contributed by atoms with Crippen LogP contribution >= 0.6 is 15.9 Å². The van der Waals surface area contributed by atoms with Crippen molar-refractivity contribution in [2.45, 2.75) is 0 Å². The minimum atomic E-state index is 0.558. The number of nitrogens with zero attached hydrogens (tertiary/aromatic N) is 2. The molecule has 0 amide bonds. The van der Waals surface area contributed by atoms with Gasteiger partial charge in [0.15, 0.2) is 11.4 Å². The minimum absolute atomic E-state index is 0.558. The monoisotopic (exact) mass is 580 g/mol. The van der Waals surface area contributed by atoms with Gasteiger partial charge in [0.1, 0.15) is 39.1 Å². The Hall–Kier alpha value is -4.94. The zero-order chi connectivity index (χ0) is 26.4. The Bertz CT molecular complexity index is 2470. The fourth-order valence-electron chi connectivity index (χ4n) is 5.78. The van der Waals surface area contributed by atoms with Crippen molar-refractivity contribution in [2.75, 3.05) is 0 Å². The van der Waals surface area contributed by atoms with Gasteiger partial charge < -0.3 is 13.3 Å². The predicted octanol–water partition coefficient (Wildman–Crippen LogP) is 10.3. The van der Waals surface area contributed by atoms with E-state index in [1.54, 1.807) is 0 Å². The number of aromatic nitrogens is 2. The van der Waals surface area contributed by atoms with Crippen LogP contribution in [0.3, 0.4) is 0 Å². The van der Waals surface area contributed by atoms with E-state index in [0.29, 0.717) is 17.1 Å². The maximum atomic E-state index is 6.43. The van der Waals surface area contributed by atoms with Crippen molar-refractivity contribution in [3.8, 4) is 22.6 Å². The zero-order valence-electron chi connectivity index (χ0n) is 20.8. The number of furan rings is 3. The first kappa shape index (κ1) is 21.9. The number of halogens is 1. The summed E-state index contributed by atoms with van der Waals surface area (Å²) in [7, 11) is 0. The van der Waals surface area contributed by atoms with E-state index in [1.165, 1.54) is 0 Å². The second-order valence-electron chi connectivity index (χ2n) is 9.88. The topological polar surface area (TPSA) is 65.2 Å². The summed E-state index contributed by atoms with van der Waals surface area (Å²) in [5.74, 6) is 0.558. The van der Waals surface area contributed by atoms with Crippen LogP contribution in [0.4, 0.5) is 0 Å². The van der Waals surface area contributed by atoms with Crippen molar-refractivity contribution < 1.29 is 13.3 Å². The largest absolute Gasteiger partial charge is 0.455 e. The summed E-state index contributed by atoms with van der Waals surface area (Å²) in [6.45, 7) is 0. The molecule has 0 bridgehead atoms. The van der Waals surface area contributed by atoms with Gasteiger partial charge in [-0.05, 0) is 42.5 Å². The summed E-state index contributed by atoms with van der Waals surface area (Å²) < 4.78 is 20.2. The smallest absolute Gasteiger partial charge is 0.180 e. The highest BCUT2D eigenvalue weighted by Crippen LogP contribution is 2.42. The van der Waals surface area contributed by atoms with E-state index < -0.39 is 0 Å². The summed E-state index contributed by atoms with van der Waals surface area (Å²) in [5.41, 5.74) is 7.60. The quantitative estimate of drug-likeness (QED) is 0.203. The van der Waals surface area contributed by atoms with E-state index >= 15 is 0 Å². The predicted molar refractivity (Wildman–Crippen MR) is 162 cm³/mol. The zero-order valence-corrected chi connectivity index (χ0v) is 22.4. The number of benzene rings is 5. The van der Waals surface area contributed by atoms with Gasteiger partial charge in [-0.25, -0.2) is 9.97 Å². The molecule has 5 aromatic carbocycles. The number of hydrogen-bond acceptors (Lipinski definition) is 5. The fourth-order valence-corrected chi connectivity index (χ4v) is 6.14. The van der Waals surface area contributed by atoms with Gasteiger partial charge in [-0.15, -0.1) is 0 Å². The van der Waals surface area contributed by atoms with E-state index in [-0.39, 0.29) is 0 Å². The molecular formula is C34H17BrN2O3. The molecule has 5 nitrogen and oxygen atoms in total. The van der Waals surface area contributed by atoms with Crippen LogP contribution in [0.25, 0.3) is 88.6 Å². The van der Waals surface area contributed by atoms with Gasteiger partial charge in [0, 0.05) is 37.0 Å². The molecular weight excluding hydrogens is 564 g/mol. The second kappa shape index (κ2) is 8.04. The number of para-hydroxylation sites is 4. The molecule has 4 heterocycles. The first-order valence-electron chi connectivity index (χ1n) is 12.9. The molecule has 0 aliphatic carbocycles. The highest BCUT2D eigenvalue weighted by Gasteiger charge is 2.23. The maximum absolute atomic E-state index is 6.43. The van der Waals surface area contributed by atoms with E-state index in [4.69, 9.17) is 23.2 Å². The SMILES string of the molecule is Brc1ccc2oc3c(-c4cccc5c4oc4ccccc45)nc(-c4cccc5c4oc4ccccc45)nc3c2c1. The molecule has 0 spiro atoms. The third-order valence-electron chi connectivity index (χ3n) is 7.58. The van der Waals surface area contributed by atoms with Crippen LogP contribution in [-0.4, -0.2) is 9.97 Å². The lowest BCUT2D eigenvalue weighted by atomic mass is 10.0. The molecule has 9 aromatic rings. The van der Waals surface area contributed by atoms with Crippen LogP contribution in [0, 0.1) is 0 Å². The van der Waals surface area contributed by atoms with Crippen molar-refractivity contribution in [3.05, 3.63) is 108 Å². The molecule has 188 valence electrons. The molecule has 0 saturated carbocycles. The number of rotatable bonds is 2. The molecule has 0 fully saturated rings. The Balaban J connectivity index is 1.42. The molecule has 0 unspecified atom stereocenters. The lowest BCUT2D eigenvalue weighted by Gasteiger charge is -2.07. The van der Waals surface area contributed by atoms with Gasteiger partial charge in [0.05, 0.1) is 5.56 Å². The van der Waals surface area contributed by atoms with Crippen molar-refractivity contribution in [2.24, 2.45) is 0 Å².